The highest BCUT2D eigenvalue weighted by Crippen LogP contribution is 2.29. The number of rotatable bonds is 8. The molecule has 2 aromatic heterocycles. The van der Waals surface area contributed by atoms with Gasteiger partial charge in [-0.3, -0.25) is 4.79 Å². The van der Waals surface area contributed by atoms with Crippen LogP contribution in [0.15, 0.2) is 58.5 Å². The lowest BCUT2D eigenvalue weighted by Crippen LogP contribution is -2.16. The second kappa shape index (κ2) is 8.93. The highest BCUT2D eigenvalue weighted by atomic mass is 79.9. The molecule has 0 spiro atoms. The maximum absolute atomic E-state index is 11.2. The molecule has 7 heteroatoms. The Labute approximate surface area is 164 Å². The standard InChI is InChI=1S/C19H18BrN3O2S/c20-16-10-14(19(21)24)4-5-17(16)25-18-6-3-13(12-23-18)11-22-8-7-15-2-1-9-26-15/h1-6,9-10,12,22H,7-8,11H2,(H2,21,24). The molecule has 0 bridgehead atoms. The number of amides is 1. The Morgan fingerprint density at radius 2 is 2.15 bits per heavy atom. The fraction of sp³-hybridized carbons (Fsp3) is 0.158. The summed E-state index contributed by atoms with van der Waals surface area (Å²) in [5, 5.41) is 5.50. The third-order valence-corrected chi connectivity index (χ3v) is 5.24. The van der Waals surface area contributed by atoms with Gasteiger partial charge in [-0.15, -0.1) is 11.3 Å². The third kappa shape index (κ3) is 5.14. The highest BCUT2D eigenvalue weighted by molar-refractivity contribution is 9.10. The molecule has 5 nitrogen and oxygen atoms in total. The molecule has 1 amide bonds. The van der Waals surface area contributed by atoms with E-state index in [2.05, 4.69) is 43.7 Å². The zero-order valence-electron chi connectivity index (χ0n) is 13.9. The fourth-order valence-electron chi connectivity index (χ4n) is 2.32. The van der Waals surface area contributed by atoms with Gasteiger partial charge in [0.05, 0.1) is 4.47 Å². The molecule has 0 radical (unpaired) electrons. The average molecular weight is 432 g/mol. The van der Waals surface area contributed by atoms with Crippen molar-refractivity contribution in [3.63, 3.8) is 0 Å². The number of ether oxygens (including phenoxy) is 1. The minimum atomic E-state index is -0.480. The number of nitrogens with zero attached hydrogens (tertiary/aromatic N) is 1. The molecule has 0 aliphatic rings. The van der Waals surface area contributed by atoms with E-state index in [1.807, 2.05) is 12.1 Å². The zero-order valence-corrected chi connectivity index (χ0v) is 16.3. The molecule has 3 N–H and O–H groups in total. The molecule has 0 aliphatic carbocycles. The summed E-state index contributed by atoms with van der Waals surface area (Å²) >= 11 is 5.15. The van der Waals surface area contributed by atoms with Gasteiger partial charge >= 0.3 is 0 Å². The second-order valence-corrected chi connectivity index (χ2v) is 7.51. The first-order valence-corrected chi connectivity index (χ1v) is 9.74. The lowest BCUT2D eigenvalue weighted by atomic mass is 10.2. The number of pyridine rings is 1. The molecule has 2 heterocycles. The van der Waals surface area contributed by atoms with Gasteiger partial charge in [-0.25, -0.2) is 4.98 Å². The highest BCUT2D eigenvalue weighted by Gasteiger charge is 2.08. The normalized spacial score (nSPS) is 10.7. The van der Waals surface area contributed by atoms with Crippen LogP contribution in [0.25, 0.3) is 0 Å². The van der Waals surface area contributed by atoms with Gasteiger partial charge < -0.3 is 15.8 Å². The van der Waals surface area contributed by atoms with Crippen molar-refractivity contribution in [3.8, 4) is 11.6 Å². The first-order chi connectivity index (χ1) is 12.6. The Kier molecular flexibility index (Phi) is 6.38. The van der Waals surface area contributed by atoms with Crippen molar-refractivity contribution in [1.82, 2.24) is 10.3 Å². The van der Waals surface area contributed by atoms with Crippen LogP contribution in [-0.4, -0.2) is 17.4 Å². The Hall–Kier alpha value is -2.22. The predicted octanol–water partition coefficient (Wildman–Crippen LogP) is 4.13. The van der Waals surface area contributed by atoms with Gasteiger partial charge in [-0.05, 0) is 57.6 Å². The van der Waals surface area contributed by atoms with Crippen molar-refractivity contribution in [2.45, 2.75) is 13.0 Å². The number of carbonyl (C=O) groups is 1. The van der Waals surface area contributed by atoms with Crippen molar-refractivity contribution < 1.29 is 9.53 Å². The van der Waals surface area contributed by atoms with Crippen LogP contribution >= 0.6 is 27.3 Å². The van der Waals surface area contributed by atoms with Gasteiger partial charge in [0.1, 0.15) is 5.75 Å². The minimum absolute atomic E-state index is 0.418. The summed E-state index contributed by atoms with van der Waals surface area (Å²) in [6.07, 6.45) is 2.82. The van der Waals surface area contributed by atoms with E-state index in [0.717, 1.165) is 25.1 Å². The van der Waals surface area contributed by atoms with Crippen molar-refractivity contribution in [1.29, 1.82) is 0 Å². The Morgan fingerprint density at radius 3 is 2.81 bits per heavy atom. The summed E-state index contributed by atoms with van der Waals surface area (Å²) < 4.78 is 6.39. The van der Waals surface area contributed by atoms with Crippen LogP contribution in [0, 0.1) is 0 Å². The molecule has 0 fully saturated rings. The van der Waals surface area contributed by atoms with Crippen LogP contribution in [0.1, 0.15) is 20.8 Å². The number of aromatic nitrogens is 1. The number of thiophene rings is 1. The van der Waals surface area contributed by atoms with E-state index >= 15 is 0 Å². The van der Waals surface area contributed by atoms with Gasteiger partial charge in [-0.1, -0.05) is 12.1 Å². The number of carbonyl (C=O) groups excluding carboxylic acids is 1. The van der Waals surface area contributed by atoms with E-state index in [9.17, 15) is 4.79 Å². The van der Waals surface area contributed by atoms with Crippen LogP contribution in [-0.2, 0) is 13.0 Å². The number of hydrogen-bond acceptors (Lipinski definition) is 5. The van der Waals surface area contributed by atoms with Crippen LogP contribution in [0.3, 0.4) is 0 Å². The Bertz CT molecular complexity index is 867. The summed E-state index contributed by atoms with van der Waals surface area (Å²) in [5.41, 5.74) is 6.77. The summed E-state index contributed by atoms with van der Waals surface area (Å²) in [5.74, 6) is 0.579. The molecule has 0 atom stereocenters. The van der Waals surface area contributed by atoms with E-state index < -0.39 is 5.91 Å². The third-order valence-electron chi connectivity index (χ3n) is 3.69. The summed E-state index contributed by atoms with van der Waals surface area (Å²) in [7, 11) is 0. The minimum Gasteiger partial charge on any atom is -0.438 e. The topological polar surface area (TPSA) is 77.2 Å². The number of benzene rings is 1. The molecular formula is C19H18BrN3O2S. The second-order valence-electron chi connectivity index (χ2n) is 5.62. The number of nitrogens with two attached hydrogens (primary N) is 1. The van der Waals surface area contributed by atoms with Gasteiger partial charge in [0, 0.05) is 35.8 Å². The smallest absolute Gasteiger partial charge is 0.248 e. The van der Waals surface area contributed by atoms with Crippen molar-refractivity contribution in [3.05, 3.63) is 74.5 Å². The average Bonchev–Trinajstić information content (AvgIpc) is 3.15. The monoisotopic (exact) mass is 431 g/mol. The maximum Gasteiger partial charge on any atom is 0.248 e. The molecular weight excluding hydrogens is 414 g/mol. The fourth-order valence-corrected chi connectivity index (χ4v) is 3.49. The van der Waals surface area contributed by atoms with E-state index in [-0.39, 0.29) is 0 Å². The first kappa shape index (κ1) is 18.6. The summed E-state index contributed by atoms with van der Waals surface area (Å²) in [6, 6.07) is 13.0. The summed E-state index contributed by atoms with van der Waals surface area (Å²) in [4.78, 5) is 16.9. The van der Waals surface area contributed by atoms with E-state index in [4.69, 9.17) is 10.5 Å². The maximum atomic E-state index is 11.2. The van der Waals surface area contributed by atoms with Crippen molar-refractivity contribution >= 4 is 33.2 Å². The quantitative estimate of drug-likeness (QED) is 0.525. The van der Waals surface area contributed by atoms with Crippen LogP contribution < -0.4 is 15.8 Å². The number of hydrogen-bond donors (Lipinski definition) is 2. The lowest BCUT2D eigenvalue weighted by Gasteiger charge is -2.09. The molecule has 134 valence electrons. The predicted molar refractivity (Wildman–Crippen MR) is 107 cm³/mol. The summed E-state index contributed by atoms with van der Waals surface area (Å²) in [6.45, 7) is 1.69. The number of primary amides is 1. The van der Waals surface area contributed by atoms with Gasteiger partial charge in [0.25, 0.3) is 0 Å². The molecule has 0 saturated carbocycles. The molecule has 0 saturated heterocycles. The van der Waals surface area contributed by atoms with Gasteiger partial charge in [0.2, 0.25) is 11.8 Å². The number of halogens is 1. The first-order valence-electron chi connectivity index (χ1n) is 8.07. The van der Waals surface area contributed by atoms with E-state index in [1.54, 1.807) is 35.7 Å². The number of nitrogens with one attached hydrogen (secondary N) is 1. The Morgan fingerprint density at radius 1 is 1.27 bits per heavy atom. The largest absolute Gasteiger partial charge is 0.438 e. The molecule has 0 aliphatic heterocycles. The molecule has 26 heavy (non-hydrogen) atoms. The van der Waals surface area contributed by atoms with Crippen LogP contribution in [0.5, 0.6) is 11.6 Å². The molecule has 0 unspecified atom stereocenters. The molecule has 1 aromatic carbocycles. The van der Waals surface area contributed by atoms with Crippen molar-refractivity contribution in [2.24, 2.45) is 5.73 Å². The van der Waals surface area contributed by atoms with Gasteiger partial charge in [-0.2, -0.15) is 0 Å². The van der Waals surface area contributed by atoms with E-state index in [0.29, 0.717) is 21.7 Å². The molecule has 3 rings (SSSR count). The van der Waals surface area contributed by atoms with Crippen LogP contribution in [0.4, 0.5) is 0 Å². The zero-order chi connectivity index (χ0) is 18.4. The van der Waals surface area contributed by atoms with Crippen LogP contribution in [0.2, 0.25) is 0 Å². The molecule has 3 aromatic rings. The SMILES string of the molecule is NC(=O)c1ccc(Oc2ccc(CNCCc3cccs3)cn2)c(Br)c1. The Balaban J connectivity index is 1.52. The lowest BCUT2D eigenvalue weighted by molar-refractivity contribution is 0.1000. The van der Waals surface area contributed by atoms with E-state index in [1.165, 1.54) is 4.88 Å². The van der Waals surface area contributed by atoms with Gasteiger partial charge in [0.15, 0.2) is 0 Å². The van der Waals surface area contributed by atoms with Crippen molar-refractivity contribution in [2.75, 3.05) is 6.54 Å².